The predicted molar refractivity (Wildman–Crippen MR) is 93.1 cm³/mol. The summed E-state index contributed by atoms with van der Waals surface area (Å²) >= 11 is 0. The highest BCUT2D eigenvalue weighted by Gasteiger charge is 2.21. The molecule has 132 valence electrons. The lowest BCUT2D eigenvalue weighted by atomic mass is 10.0. The Morgan fingerprint density at radius 3 is 2.75 bits per heavy atom. The second kappa shape index (κ2) is 8.58. The maximum Gasteiger partial charge on any atom is 0.222 e. The Hall–Kier alpha value is -1.46. The molecule has 0 aliphatic carbocycles. The van der Waals surface area contributed by atoms with Gasteiger partial charge in [-0.3, -0.25) is 9.69 Å². The Morgan fingerprint density at radius 1 is 1.17 bits per heavy atom. The average molecular weight is 333 g/mol. The summed E-state index contributed by atoms with van der Waals surface area (Å²) in [4.78, 5) is 16.9. The Balaban J connectivity index is 1.43. The molecule has 0 radical (unpaired) electrons. The summed E-state index contributed by atoms with van der Waals surface area (Å²) in [6.45, 7) is 6.56. The first-order chi connectivity index (χ1) is 11.7. The number of carbonyl (C=O) groups is 1. The monoisotopic (exact) mass is 333 g/mol. The van der Waals surface area contributed by atoms with E-state index in [0.29, 0.717) is 18.2 Å². The van der Waals surface area contributed by atoms with Crippen molar-refractivity contribution >= 4 is 5.91 Å². The van der Waals surface area contributed by atoms with Crippen molar-refractivity contribution in [2.75, 3.05) is 39.3 Å². The maximum absolute atomic E-state index is 13.0. The molecule has 2 fully saturated rings. The third-order valence-corrected chi connectivity index (χ3v) is 5.19. The first-order valence-electron chi connectivity index (χ1n) is 9.16. The third kappa shape index (κ3) is 5.02. The molecule has 1 N–H and O–H groups in total. The molecule has 0 aromatic heterocycles. The summed E-state index contributed by atoms with van der Waals surface area (Å²) in [7, 11) is 0. The fourth-order valence-electron chi connectivity index (χ4n) is 3.67. The Bertz CT molecular complexity index is 528. The molecule has 1 aromatic carbocycles. The SMILES string of the molecule is O=C(CCC1CCNC1)N1CCCN(Cc2ccc(F)cc2)CC1. The predicted octanol–water partition coefficient (Wildman–Crippen LogP) is 2.25. The fourth-order valence-corrected chi connectivity index (χ4v) is 3.67. The molecule has 1 aromatic rings. The third-order valence-electron chi connectivity index (χ3n) is 5.19. The Kier molecular flexibility index (Phi) is 6.21. The smallest absolute Gasteiger partial charge is 0.222 e. The van der Waals surface area contributed by atoms with Crippen molar-refractivity contribution in [3.8, 4) is 0 Å². The maximum atomic E-state index is 13.0. The molecule has 4 nitrogen and oxygen atoms in total. The van der Waals surface area contributed by atoms with Crippen LogP contribution in [0.25, 0.3) is 0 Å². The Morgan fingerprint density at radius 2 is 2.00 bits per heavy atom. The first kappa shape index (κ1) is 17.4. The van der Waals surface area contributed by atoms with Crippen LogP contribution in [0.4, 0.5) is 4.39 Å². The lowest BCUT2D eigenvalue weighted by molar-refractivity contribution is -0.131. The van der Waals surface area contributed by atoms with Crippen LogP contribution in [0.15, 0.2) is 24.3 Å². The second-order valence-electron chi connectivity index (χ2n) is 7.03. The molecule has 5 heteroatoms. The normalized spacial score (nSPS) is 22.5. The van der Waals surface area contributed by atoms with Crippen molar-refractivity contribution in [1.29, 1.82) is 0 Å². The highest BCUT2D eigenvalue weighted by Crippen LogP contribution is 2.16. The lowest BCUT2D eigenvalue weighted by Gasteiger charge is -2.22. The van der Waals surface area contributed by atoms with Gasteiger partial charge >= 0.3 is 0 Å². The molecule has 3 rings (SSSR count). The first-order valence-corrected chi connectivity index (χ1v) is 9.16. The van der Waals surface area contributed by atoms with E-state index in [4.69, 9.17) is 0 Å². The topological polar surface area (TPSA) is 35.6 Å². The molecule has 0 saturated carbocycles. The molecule has 2 aliphatic heterocycles. The molecule has 1 unspecified atom stereocenters. The molecular weight excluding hydrogens is 305 g/mol. The van der Waals surface area contributed by atoms with Gasteiger partial charge in [0.15, 0.2) is 0 Å². The van der Waals surface area contributed by atoms with Gasteiger partial charge in [0.05, 0.1) is 0 Å². The van der Waals surface area contributed by atoms with Crippen molar-refractivity contribution in [3.05, 3.63) is 35.6 Å². The standard InChI is InChI=1S/C19H28FN3O/c20-18-5-2-17(3-6-18)15-22-10-1-11-23(13-12-22)19(24)7-4-16-8-9-21-14-16/h2-3,5-6,16,21H,1,4,7-15H2. The second-order valence-corrected chi connectivity index (χ2v) is 7.03. The molecule has 2 heterocycles. The van der Waals surface area contributed by atoms with Crippen LogP contribution >= 0.6 is 0 Å². The number of nitrogens with one attached hydrogen (secondary N) is 1. The van der Waals surface area contributed by atoms with Crippen LogP contribution in [0.2, 0.25) is 0 Å². The van der Waals surface area contributed by atoms with Crippen LogP contribution < -0.4 is 5.32 Å². The van der Waals surface area contributed by atoms with Crippen LogP contribution in [0.1, 0.15) is 31.2 Å². The van der Waals surface area contributed by atoms with Crippen molar-refractivity contribution in [2.24, 2.45) is 5.92 Å². The average Bonchev–Trinajstić information content (AvgIpc) is 3.00. The van der Waals surface area contributed by atoms with E-state index in [0.717, 1.165) is 64.2 Å². The van der Waals surface area contributed by atoms with E-state index < -0.39 is 0 Å². The molecule has 1 amide bonds. The number of hydrogen-bond donors (Lipinski definition) is 1. The summed E-state index contributed by atoms with van der Waals surface area (Å²) in [6, 6.07) is 6.72. The largest absolute Gasteiger partial charge is 0.341 e. The van der Waals surface area contributed by atoms with E-state index >= 15 is 0 Å². The minimum Gasteiger partial charge on any atom is -0.341 e. The molecule has 24 heavy (non-hydrogen) atoms. The minimum atomic E-state index is -0.191. The quantitative estimate of drug-likeness (QED) is 0.898. The summed E-state index contributed by atoms with van der Waals surface area (Å²) < 4.78 is 13.0. The number of amides is 1. The van der Waals surface area contributed by atoms with Crippen molar-refractivity contribution in [1.82, 2.24) is 15.1 Å². The van der Waals surface area contributed by atoms with Crippen molar-refractivity contribution in [2.45, 2.75) is 32.2 Å². The highest BCUT2D eigenvalue weighted by atomic mass is 19.1. The number of benzene rings is 1. The molecule has 2 saturated heterocycles. The molecule has 2 aliphatic rings. The Labute approximate surface area is 144 Å². The van der Waals surface area contributed by atoms with Crippen LogP contribution in [0.5, 0.6) is 0 Å². The number of hydrogen-bond acceptors (Lipinski definition) is 3. The fraction of sp³-hybridized carbons (Fsp3) is 0.632. The zero-order valence-electron chi connectivity index (χ0n) is 14.3. The summed E-state index contributed by atoms with van der Waals surface area (Å²) in [5.74, 6) is 0.797. The van der Waals surface area contributed by atoms with E-state index in [1.54, 1.807) is 0 Å². The van der Waals surface area contributed by atoms with Gasteiger partial charge in [-0.25, -0.2) is 4.39 Å². The van der Waals surface area contributed by atoms with E-state index in [1.165, 1.54) is 18.6 Å². The van der Waals surface area contributed by atoms with Crippen LogP contribution in [0, 0.1) is 11.7 Å². The van der Waals surface area contributed by atoms with Gasteiger partial charge in [0.25, 0.3) is 0 Å². The summed E-state index contributed by atoms with van der Waals surface area (Å²) in [6.07, 6.45) is 3.92. The van der Waals surface area contributed by atoms with Crippen molar-refractivity contribution < 1.29 is 9.18 Å². The van der Waals surface area contributed by atoms with Gasteiger partial charge in [0.2, 0.25) is 5.91 Å². The van der Waals surface area contributed by atoms with E-state index in [-0.39, 0.29) is 5.82 Å². The number of halogens is 1. The van der Waals surface area contributed by atoms with Gasteiger partial charge in [-0.05, 0) is 56.0 Å². The minimum absolute atomic E-state index is 0.191. The van der Waals surface area contributed by atoms with Crippen LogP contribution in [-0.4, -0.2) is 55.0 Å². The highest BCUT2D eigenvalue weighted by molar-refractivity contribution is 5.76. The number of rotatable bonds is 5. The van der Waals surface area contributed by atoms with Crippen molar-refractivity contribution in [3.63, 3.8) is 0 Å². The van der Waals surface area contributed by atoms with Gasteiger partial charge in [-0.2, -0.15) is 0 Å². The molecule has 0 spiro atoms. The van der Waals surface area contributed by atoms with E-state index in [1.807, 2.05) is 17.0 Å². The lowest BCUT2D eigenvalue weighted by Crippen LogP contribution is -2.35. The zero-order chi connectivity index (χ0) is 16.8. The number of nitrogens with zero attached hydrogens (tertiary/aromatic N) is 2. The number of carbonyl (C=O) groups excluding carboxylic acids is 1. The molecule has 1 atom stereocenters. The van der Waals surface area contributed by atoms with Gasteiger partial charge in [0.1, 0.15) is 5.82 Å². The van der Waals surface area contributed by atoms with Gasteiger partial charge < -0.3 is 10.2 Å². The van der Waals surface area contributed by atoms with E-state index in [9.17, 15) is 9.18 Å². The molecule has 0 bridgehead atoms. The summed E-state index contributed by atoms with van der Waals surface area (Å²) in [5.41, 5.74) is 1.13. The van der Waals surface area contributed by atoms with Gasteiger partial charge in [-0.1, -0.05) is 12.1 Å². The molecular formula is C19H28FN3O. The van der Waals surface area contributed by atoms with E-state index in [2.05, 4.69) is 10.2 Å². The van der Waals surface area contributed by atoms with Gasteiger partial charge in [-0.15, -0.1) is 0 Å². The van der Waals surface area contributed by atoms with Crippen LogP contribution in [0.3, 0.4) is 0 Å². The summed E-state index contributed by atoms with van der Waals surface area (Å²) in [5, 5.41) is 3.36. The van der Waals surface area contributed by atoms with Gasteiger partial charge in [0, 0.05) is 39.1 Å². The zero-order valence-corrected chi connectivity index (χ0v) is 14.3. The van der Waals surface area contributed by atoms with Crippen LogP contribution in [-0.2, 0) is 11.3 Å².